The van der Waals surface area contributed by atoms with Crippen LogP contribution >= 0.6 is 11.3 Å². The number of para-hydroxylation sites is 1. The summed E-state index contributed by atoms with van der Waals surface area (Å²) in [6.45, 7) is 4.71. The van der Waals surface area contributed by atoms with E-state index in [1.807, 2.05) is 18.2 Å². The second-order valence-corrected chi connectivity index (χ2v) is 14.0. The van der Waals surface area contributed by atoms with E-state index in [2.05, 4.69) is 140 Å². The fourth-order valence-electron chi connectivity index (χ4n) is 7.85. The summed E-state index contributed by atoms with van der Waals surface area (Å²) in [6.07, 6.45) is 0. The highest BCUT2D eigenvalue weighted by atomic mass is 32.1. The first-order valence-electron chi connectivity index (χ1n) is 16.1. The van der Waals surface area contributed by atoms with Gasteiger partial charge in [-0.25, -0.2) is 9.97 Å². The number of aromatic nitrogens is 3. The van der Waals surface area contributed by atoms with Crippen molar-refractivity contribution >= 4 is 53.4 Å². The van der Waals surface area contributed by atoms with E-state index in [0.717, 1.165) is 38.5 Å². The number of fused-ring (bicyclic) bond motifs is 10. The molecule has 9 aromatic rings. The van der Waals surface area contributed by atoms with Crippen LogP contribution in [0.2, 0.25) is 0 Å². The molecular weight excluding hydrogens is 591 g/mol. The fraction of sp³-hybridized carbons (Fsp3) is 0.0698. The van der Waals surface area contributed by atoms with Gasteiger partial charge in [-0.05, 0) is 52.6 Å². The summed E-state index contributed by atoms with van der Waals surface area (Å²) in [5, 5.41) is 4.93. The summed E-state index contributed by atoms with van der Waals surface area (Å²) in [6, 6.07) is 50.2. The Hall–Kier alpha value is -5.58. The quantitative estimate of drug-likeness (QED) is 0.197. The summed E-state index contributed by atoms with van der Waals surface area (Å²) >= 11 is 1.73. The SMILES string of the molecule is CC1(C)c2ccccc2-c2c1ccc1c2c2ccccc2n1-c1ccc(-c2nc(-c3ccccc3)nc3sc4ccccc4c23)cc1. The average Bonchev–Trinajstić information content (AvgIpc) is 3.74. The molecular formula is C43H29N3S. The van der Waals surface area contributed by atoms with Crippen LogP contribution in [-0.2, 0) is 5.41 Å². The molecule has 1 aliphatic rings. The lowest BCUT2D eigenvalue weighted by Crippen LogP contribution is -2.14. The van der Waals surface area contributed by atoms with Gasteiger partial charge in [0.15, 0.2) is 5.82 Å². The number of rotatable bonds is 3. The lowest BCUT2D eigenvalue weighted by atomic mass is 9.82. The summed E-state index contributed by atoms with van der Waals surface area (Å²) < 4.78 is 3.65. The molecule has 0 amide bonds. The first-order chi connectivity index (χ1) is 23.1. The Bertz CT molecular complexity index is 2700. The van der Waals surface area contributed by atoms with Gasteiger partial charge in [0, 0.05) is 48.5 Å². The van der Waals surface area contributed by atoms with Crippen LogP contribution in [0.5, 0.6) is 0 Å². The Morgan fingerprint density at radius 1 is 0.553 bits per heavy atom. The van der Waals surface area contributed by atoms with Gasteiger partial charge in [0.1, 0.15) is 4.83 Å². The molecule has 0 aliphatic heterocycles. The molecule has 0 saturated heterocycles. The molecule has 3 aromatic heterocycles. The van der Waals surface area contributed by atoms with Crippen molar-refractivity contribution in [3.05, 3.63) is 151 Å². The van der Waals surface area contributed by atoms with Crippen molar-refractivity contribution in [1.82, 2.24) is 14.5 Å². The van der Waals surface area contributed by atoms with Gasteiger partial charge in [-0.15, -0.1) is 11.3 Å². The molecule has 3 heterocycles. The number of hydrogen-bond acceptors (Lipinski definition) is 3. The predicted molar refractivity (Wildman–Crippen MR) is 198 cm³/mol. The van der Waals surface area contributed by atoms with Gasteiger partial charge in [0.25, 0.3) is 0 Å². The monoisotopic (exact) mass is 619 g/mol. The Morgan fingerprint density at radius 2 is 1.28 bits per heavy atom. The van der Waals surface area contributed by atoms with E-state index >= 15 is 0 Å². The molecule has 3 nitrogen and oxygen atoms in total. The van der Waals surface area contributed by atoms with Crippen LogP contribution in [0, 0.1) is 0 Å². The van der Waals surface area contributed by atoms with Gasteiger partial charge in [-0.2, -0.15) is 0 Å². The standard InChI is InChI=1S/C43H29N3S/c1-43(2)32-17-9-6-14-29(32)37-33(43)24-25-35-38(37)30-15-7-10-18-34(30)46(35)28-22-20-26(21-23-28)40-39-31-16-8-11-19-36(31)47-42(39)45-41(44-40)27-12-4-3-5-13-27/h3-25H,1-2H3. The van der Waals surface area contributed by atoms with Crippen molar-refractivity contribution in [3.63, 3.8) is 0 Å². The van der Waals surface area contributed by atoms with E-state index in [9.17, 15) is 0 Å². The summed E-state index contributed by atoms with van der Waals surface area (Å²) in [5.74, 6) is 0.753. The maximum absolute atomic E-state index is 5.22. The molecule has 0 spiro atoms. The van der Waals surface area contributed by atoms with Crippen molar-refractivity contribution in [2.45, 2.75) is 19.3 Å². The van der Waals surface area contributed by atoms with Gasteiger partial charge in [-0.1, -0.05) is 123 Å². The molecule has 6 aromatic carbocycles. The molecule has 0 bridgehead atoms. The van der Waals surface area contributed by atoms with Crippen LogP contribution in [-0.4, -0.2) is 14.5 Å². The molecule has 0 saturated carbocycles. The van der Waals surface area contributed by atoms with Crippen LogP contribution in [0.1, 0.15) is 25.0 Å². The lowest BCUT2D eigenvalue weighted by Gasteiger charge is -2.21. The molecule has 222 valence electrons. The second-order valence-electron chi connectivity index (χ2n) is 13.0. The van der Waals surface area contributed by atoms with E-state index < -0.39 is 0 Å². The predicted octanol–water partition coefficient (Wildman–Crippen LogP) is 11.6. The molecule has 0 unspecified atom stereocenters. The molecule has 0 N–H and O–H groups in total. The third kappa shape index (κ3) is 3.73. The van der Waals surface area contributed by atoms with Gasteiger partial charge >= 0.3 is 0 Å². The summed E-state index contributed by atoms with van der Waals surface area (Å²) in [4.78, 5) is 11.3. The number of benzene rings is 6. The van der Waals surface area contributed by atoms with Crippen LogP contribution in [0.25, 0.3) is 81.6 Å². The Labute approximate surface area is 276 Å². The molecule has 4 heteroatoms. The van der Waals surface area contributed by atoms with Gasteiger partial charge in [0.05, 0.1) is 16.7 Å². The smallest absolute Gasteiger partial charge is 0.161 e. The highest BCUT2D eigenvalue weighted by molar-refractivity contribution is 7.25. The van der Waals surface area contributed by atoms with Crippen molar-refractivity contribution < 1.29 is 0 Å². The van der Waals surface area contributed by atoms with E-state index in [4.69, 9.17) is 9.97 Å². The first kappa shape index (κ1) is 26.6. The minimum atomic E-state index is -0.0434. The number of nitrogens with zero attached hydrogens (tertiary/aromatic N) is 3. The normalized spacial score (nSPS) is 13.5. The maximum atomic E-state index is 5.22. The van der Waals surface area contributed by atoms with Gasteiger partial charge < -0.3 is 4.57 Å². The highest BCUT2D eigenvalue weighted by Gasteiger charge is 2.37. The zero-order chi connectivity index (χ0) is 31.3. The Kier molecular flexibility index (Phi) is 5.50. The van der Waals surface area contributed by atoms with Gasteiger partial charge in [-0.3, -0.25) is 0 Å². The Morgan fingerprint density at radius 3 is 2.13 bits per heavy atom. The average molecular weight is 620 g/mol. The minimum Gasteiger partial charge on any atom is -0.309 e. The summed E-state index contributed by atoms with van der Waals surface area (Å²) in [5.41, 5.74) is 12.1. The van der Waals surface area contributed by atoms with Crippen molar-refractivity contribution in [2.75, 3.05) is 0 Å². The largest absolute Gasteiger partial charge is 0.309 e. The van der Waals surface area contributed by atoms with Crippen molar-refractivity contribution in [3.8, 4) is 39.5 Å². The zero-order valence-corrected chi connectivity index (χ0v) is 26.8. The fourth-order valence-corrected chi connectivity index (χ4v) is 8.92. The molecule has 10 rings (SSSR count). The first-order valence-corrected chi connectivity index (χ1v) is 16.9. The second kappa shape index (κ2) is 9.71. The molecule has 1 aliphatic carbocycles. The topological polar surface area (TPSA) is 30.7 Å². The number of hydrogen-bond donors (Lipinski definition) is 0. The zero-order valence-electron chi connectivity index (χ0n) is 26.0. The molecule has 47 heavy (non-hydrogen) atoms. The van der Waals surface area contributed by atoms with E-state index in [1.54, 1.807) is 11.3 Å². The number of thiophene rings is 1. The van der Waals surface area contributed by atoms with Crippen LogP contribution in [0.3, 0.4) is 0 Å². The van der Waals surface area contributed by atoms with Gasteiger partial charge in [0.2, 0.25) is 0 Å². The molecule has 0 radical (unpaired) electrons. The van der Waals surface area contributed by atoms with E-state index in [-0.39, 0.29) is 5.41 Å². The highest BCUT2D eigenvalue weighted by Crippen LogP contribution is 2.53. The Balaban J connectivity index is 1.19. The van der Waals surface area contributed by atoms with E-state index in [1.165, 1.54) is 54.1 Å². The van der Waals surface area contributed by atoms with Crippen molar-refractivity contribution in [2.24, 2.45) is 0 Å². The van der Waals surface area contributed by atoms with Crippen LogP contribution in [0.4, 0.5) is 0 Å². The minimum absolute atomic E-state index is 0.0434. The van der Waals surface area contributed by atoms with E-state index in [0.29, 0.717) is 0 Å². The van der Waals surface area contributed by atoms with Crippen LogP contribution in [0.15, 0.2) is 140 Å². The molecule has 0 atom stereocenters. The maximum Gasteiger partial charge on any atom is 0.161 e. The molecule has 0 fully saturated rings. The third-order valence-electron chi connectivity index (χ3n) is 10.1. The van der Waals surface area contributed by atoms with Crippen molar-refractivity contribution in [1.29, 1.82) is 0 Å². The van der Waals surface area contributed by atoms with Crippen LogP contribution < -0.4 is 0 Å². The third-order valence-corrected chi connectivity index (χ3v) is 11.1. The summed E-state index contributed by atoms with van der Waals surface area (Å²) in [7, 11) is 0. The lowest BCUT2D eigenvalue weighted by molar-refractivity contribution is 0.661.